The molecule has 5 nitrogen and oxygen atoms in total. The van der Waals surface area contributed by atoms with Crippen LogP contribution in [0.3, 0.4) is 0 Å². The highest BCUT2D eigenvalue weighted by Crippen LogP contribution is 2.37. The van der Waals surface area contributed by atoms with Crippen LogP contribution in [-0.4, -0.2) is 48.4 Å². The second-order valence-corrected chi connectivity index (χ2v) is 5.92. The van der Waals surface area contributed by atoms with E-state index >= 15 is 0 Å². The minimum atomic E-state index is -4.34. The summed E-state index contributed by atoms with van der Waals surface area (Å²) >= 11 is 0. The van der Waals surface area contributed by atoms with Gasteiger partial charge in [0.05, 0.1) is 6.10 Å². The lowest BCUT2D eigenvalue weighted by atomic mass is 10.0. The van der Waals surface area contributed by atoms with Crippen LogP contribution in [0.25, 0.3) is 0 Å². The summed E-state index contributed by atoms with van der Waals surface area (Å²) in [6.07, 6.45) is 3.44. The van der Waals surface area contributed by atoms with Crippen LogP contribution in [0.1, 0.15) is 38.5 Å². The maximum atomic E-state index is 12.2. The smallest absolute Gasteiger partial charge is 0.367 e. The Kier molecular flexibility index (Phi) is 5.63. The van der Waals surface area contributed by atoms with Gasteiger partial charge in [-0.1, -0.05) is 0 Å². The minimum absolute atomic E-state index is 0.0947. The van der Waals surface area contributed by atoms with E-state index in [2.05, 4.69) is 16.1 Å². The largest absolute Gasteiger partial charge is 0.411 e. The highest BCUT2D eigenvalue weighted by atomic mass is 19.4. The van der Waals surface area contributed by atoms with E-state index in [4.69, 9.17) is 11.2 Å². The second kappa shape index (κ2) is 7.30. The number of alkyl halides is 3. The molecule has 0 bridgehead atoms. The van der Waals surface area contributed by atoms with Crippen LogP contribution in [0.5, 0.6) is 0 Å². The number of likely N-dealkylation sites (tertiary alicyclic amines) is 1. The highest BCUT2D eigenvalue weighted by molar-refractivity contribution is 5.76. The van der Waals surface area contributed by atoms with Gasteiger partial charge in [-0.25, -0.2) is 0 Å². The minimum Gasteiger partial charge on any atom is -0.367 e. The topological polar surface area (TPSA) is 54.3 Å². The molecule has 0 radical (unpaired) electrons. The Balaban J connectivity index is 1.73. The number of amides is 1. The Morgan fingerprint density at radius 1 is 1.39 bits per heavy atom. The van der Waals surface area contributed by atoms with Crippen LogP contribution in [0, 0.1) is 12.3 Å². The molecule has 8 heteroatoms. The van der Waals surface area contributed by atoms with Crippen LogP contribution < -0.4 is 0 Å². The molecule has 0 spiro atoms. The lowest BCUT2D eigenvalue weighted by molar-refractivity contribution is -0.190. The third kappa shape index (κ3) is 5.82. The highest BCUT2D eigenvalue weighted by Gasteiger charge is 2.40. The van der Waals surface area contributed by atoms with Crippen molar-refractivity contribution in [2.24, 2.45) is 10.2 Å². The van der Waals surface area contributed by atoms with E-state index in [-0.39, 0.29) is 18.9 Å². The SMILES string of the molecule is C#CCCC1(CCC(=O)N2CCCC(OCC(F)(F)F)C2)N=N1. The second-order valence-electron chi connectivity index (χ2n) is 5.92. The molecular formula is C15H20F3N3O2. The Morgan fingerprint density at radius 3 is 2.74 bits per heavy atom. The predicted molar refractivity (Wildman–Crippen MR) is 76.5 cm³/mol. The van der Waals surface area contributed by atoms with Crippen molar-refractivity contribution in [2.75, 3.05) is 19.7 Å². The van der Waals surface area contributed by atoms with E-state index in [1.54, 1.807) is 4.90 Å². The molecule has 0 saturated carbocycles. The molecule has 0 aromatic rings. The molecule has 128 valence electrons. The lowest BCUT2D eigenvalue weighted by Gasteiger charge is -2.33. The number of terminal acetylenes is 1. The van der Waals surface area contributed by atoms with Crippen molar-refractivity contribution in [3.63, 3.8) is 0 Å². The van der Waals surface area contributed by atoms with Gasteiger partial charge in [-0.3, -0.25) is 4.79 Å². The Hall–Kier alpha value is -1.62. The number of nitrogens with zero attached hydrogens (tertiary/aromatic N) is 3. The fourth-order valence-electron chi connectivity index (χ4n) is 2.65. The first-order valence-electron chi connectivity index (χ1n) is 7.67. The molecule has 0 aromatic carbocycles. The average Bonchev–Trinajstić information content (AvgIpc) is 3.29. The number of carbonyl (C=O) groups is 1. The van der Waals surface area contributed by atoms with Gasteiger partial charge in [0.15, 0.2) is 5.66 Å². The maximum Gasteiger partial charge on any atom is 0.411 e. The van der Waals surface area contributed by atoms with E-state index in [9.17, 15) is 18.0 Å². The van der Waals surface area contributed by atoms with E-state index < -0.39 is 24.6 Å². The molecule has 2 aliphatic rings. The summed E-state index contributed by atoms with van der Waals surface area (Å²) < 4.78 is 41.4. The monoisotopic (exact) mass is 331 g/mol. The van der Waals surface area contributed by atoms with Gasteiger partial charge in [0.25, 0.3) is 0 Å². The first kappa shape index (κ1) is 17.7. The average molecular weight is 331 g/mol. The van der Waals surface area contributed by atoms with E-state index in [1.165, 1.54) is 0 Å². The summed E-state index contributed by atoms with van der Waals surface area (Å²) in [5, 5.41) is 7.94. The van der Waals surface area contributed by atoms with Crippen LogP contribution in [-0.2, 0) is 9.53 Å². The third-order valence-electron chi connectivity index (χ3n) is 4.01. The fourth-order valence-corrected chi connectivity index (χ4v) is 2.65. The molecule has 0 N–H and O–H groups in total. The van der Waals surface area contributed by atoms with E-state index in [1.807, 2.05) is 0 Å². The van der Waals surface area contributed by atoms with Gasteiger partial charge in [-0.05, 0) is 12.8 Å². The molecule has 23 heavy (non-hydrogen) atoms. The van der Waals surface area contributed by atoms with E-state index in [0.717, 1.165) is 0 Å². The molecule has 2 rings (SSSR count). The Labute approximate surface area is 133 Å². The van der Waals surface area contributed by atoms with Crippen molar-refractivity contribution in [1.82, 2.24) is 4.90 Å². The maximum absolute atomic E-state index is 12.2. The first-order valence-corrected chi connectivity index (χ1v) is 7.67. The summed E-state index contributed by atoms with van der Waals surface area (Å²) in [7, 11) is 0. The number of ether oxygens (including phenoxy) is 1. The molecule has 1 amide bonds. The first-order chi connectivity index (χ1) is 10.8. The van der Waals surface area contributed by atoms with Gasteiger partial charge < -0.3 is 9.64 Å². The number of carbonyl (C=O) groups excluding carboxylic acids is 1. The van der Waals surface area contributed by atoms with Crippen LogP contribution in [0.4, 0.5) is 13.2 Å². The molecule has 1 saturated heterocycles. The van der Waals surface area contributed by atoms with Gasteiger partial charge in [0, 0.05) is 38.8 Å². The molecule has 0 aliphatic carbocycles. The molecule has 1 fully saturated rings. The number of hydrogen-bond acceptors (Lipinski definition) is 4. The standard InChI is InChI=1S/C15H20F3N3O2/c1-2-3-7-14(19-20-14)8-6-13(22)21-9-4-5-12(10-21)23-11-15(16,17)18/h1,12H,3-11H2. The number of halogens is 3. The zero-order valence-corrected chi connectivity index (χ0v) is 12.8. The molecule has 0 aromatic heterocycles. The van der Waals surface area contributed by atoms with Crippen LogP contribution >= 0.6 is 0 Å². The van der Waals surface area contributed by atoms with Gasteiger partial charge in [-0.2, -0.15) is 23.4 Å². The number of hydrogen-bond donors (Lipinski definition) is 0. The summed E-state index contributed by atoms with van der Waals surface area (Å²) in [5.41, 5.74) is -0.510. The zero-order chi connectivity index (χ0) is 16.9. The molecule has 2 aliphatic heterocycles. The van der Waals surface area contributed by atoms with Gasteiger partial charge >= 0.3 is 6.18 Å². The molecule has 1 unspecified atom stereocenters. The van der Waals surface area contributed by atoms with Gasteiger partial charge in [-0.15, -0.1) is 12.3 Å². The fraction of sp³-hybridized carbons (Fsp3) is 0.800. The zero-order valence-electron chi connectivity index (χ0n) is 12.8. The van der Waals surface area contributed by atoms with Gasteiger partial charge in [0.1, 0.15) is 6.61 Å². The lowest BCUT2D eigenvalue weighted by Crippen LogP contribution is -2.44. The third-order valence-corrected chi connectivity index (χ3v) is 4.01. The van der Waals surface area contributed by atoms with Crippen molar-refractivity contribution in [1.29, 1.82) is 0 Å². The molecule has 1 atom stereocenters. The number of rotatable bonds is 7. The Morgan fingerprint density at radius 2 is 2.13 bits per heavy atom. The number of piperidine rings is 1. The summed E-state index contributed by atoms with van der Waals surface area (Å²) in [5.74, 6) is 2.43. The van der Waals surface area contributed by atoms with Crippen molar-refractivity contribution in [2.45, 2.75) is 56.5 Å². The summed E-state index contributed by atoms with van der Waals surface area (Å²) in [4.78, 5) is 13.8. The molecule has 2 heterocycles. The van der Waals surface area contributed by atoms with Gasteiger partial charge in [0.2, 0.25) is 5.91 Å². The van der Waals surface area contributed by atoms with Crippen molar-refractivity contribution < 1.29 is 22.7 Å². The van der Waals surface area contributed by atoms with E-state index in [0.29, 0.717) is 38.6 Å². The summed E-state index contributed by atoms with van der Waals surface area (Å²) in [6.45, 7) is -0.510. The van der Waals surface area contributed by atoms with Crippen molar-refractivity contribution in [3.05, 3.63) is 0 Å². The van der Waals surface area contributed by atoms with Crippen molar-refractivity contribution in [3.8, 4) is 12.3 Å². The quantitative estimate of drug-likeness (QED) is 0.674. The van der Waals surface area contributed by atoms with Crippen molar-refractivity contribution >= 4 is 5.91 Å². The predicted octanol–water partition coefficient (Wildman–Crippen LogP) is 2.91. The van der Waals surface area contributed by atoms with Crippen LogP contribution in [0.2, 0.25) is 0 Å². The summed E-state index contributed by atoms with van der Waals surface area (Å²) in [6, 6.07) is 0. The molecular weight excluding hydrogens is 311 g/mol. The normalized spacial score (nSPS) is 22.7. The Bertz CT molecular complexity index is 493. The van der Waals surface area contributed by atoms with Crippen LogP contribution in [0.15, 0.2) is 10.2 Å².